The van der Waals surface area contributed by atoms with Gasteiger partial charge in [0.25, 0.3) is 0 Å². The molecule has 0 bridgehead atoms. The zero-order chi connectivity index (χ0) is 19.5. The van der Waals surface area contributed by atoms with Gasteiger partial charge in [0.05, 0.1) is 12.0 Å². The second kappa shape index (κ2) is 7.87. The minimum Gasteiger partial charge on any atom is -0.356 e. The van der Waals surface area contributed by atoms with E-state index in [0.717, 1.165) is 24.6 Å². The summed E-state index contributed by atoms with van der Waals surface area (Å²) in [5, 5.41) is 7.33. The Labute approximate surface area is 162 Å². The Hall–Kier alpha value is -2.11. The summed E-state index contributed by atoms with van der Waals surface area (Å²) < 4.78 is 3.96. The molecule has 3 rings (SSSR count). The predicted octanol–water partition coefficient (Wildman–Crippen LogP) is 3.30. The van der Waals surface area contributed by atoms with Crippen molar-refractivity contribution in [2.45, 2.75) is 64.8 Å². The molecule has 0 atom stereocenters. The van der Waals surface area contributed by atoms with Crippen LogP contribution in [0.2, 0.25) is 0 Å². The first-order valence-corrected chi connectivity index (χ1v) is 10.0. The van der Waals surface area contributed by atoms with E-state index in [2.05, 4.69) is 65.3 Å². The van der Waals surface area contributed by atoms with Gasteiger partial charge in [0, 0.05) is 32.4 Å². The van der Waals surface area contributed by atoms with Gasteiger partial charge >= 0.3 is 0 Å². The number of hydrogen-bond donors (Lipinski definition) is 1. The molecule has 6 nitrogen and oxygen atoms in total. The van der Waals surface area contributed by atoms with E-state index in [4.69, 9.17) is 0 Å². The van der Waals surface area contributed by atoms with E-state index in [9.17, 15) is 4.79 Å². The van der Waals surface area contributed by atoms with Crippen molar-refractivity contribution in [1.29, 1.82) is 0 Å². The number of nitrogens with one attached hydrogen (secondary N) is 1. The van der Waals surface area contributed by atoms with Crippen LogP contribution in [0.15, 0.2) is 30.9 Å². The van der Waals surface area contributed by atoms with Crippen LogP contribution in [0.4, 0.5) is 0 Å². The Morgan fingerprint density at radius 3 is 2.48 bits per heavy atom. The zero-order valence-corrected chi connectivity index (χ0v) is 17.1. The molecule has 2 aromatic heterocycles. The lowest BCUT2D eigenvalue weighted by atomic mass is 9.66. The third-order valence-corrected chi connectivity index (χ3v) is 6.10. The fraction of sp³-hybridized carbons (Fsp3) is 0.667. The molecule has 1 amide bonds. The molecule has 27 heavy (non-hydrogen) atoms. The Morgan fingerprint density at radius 1 is 1.26 bits per heavy atom. The minimum atomic E-state index is -0.0986. The van der Waals surface area contributed by atoms with Gasteiger partial charge in [0.15, 0.2) is 5.82 Å². The van der Waals surface area contributed by atoms with Crippen molar-refractivity contribution < 1.29 is 4.79 Å². The Kier molecular flexibility index (Phi) is 5.72. The molecular weight excluding hydrogens is 338 g/mol. The van der Waals surface area contributed by atoms with Crippen LogP contribution in [0.5, 0.6) is 0 Å². The highest BCUT2D eigenvalue weighted by molar-refractivity contribution is 5.77. The highest BCUT2D eigenvalue weighted by Gasteiger charge is 2.40. The van der Waals surface area contributed by atoms with Gasteiger partial charge in [0.2, 0.25) is 5.91 Å². The van der Waals surface area contributed by atoms with E-state index in [-0.39, 0.29) is 11.4 Å². The number of nitrogens with zero attached hydrogens (tertiary/aromatic N) is 4. The molecule has 2 aromatic rings. The van der Waals surface area contributed by atoms with Gasteiger partial charge in [-0.1, -0.05) is 20.8 Å². The number of aryl methyl sites for hydroxylation is 1. The third kappa shape index (κ3) is 4.79. The number of rotatable bonds is 6. The average molecular weight is 372 g/mol. The monoisotopic (exact) mass is 371 g/mol. The maximum Gasteiger partial charge on any atom is 0.222 e. The standard InChI is InChI=1S/C21H33N5O/c1-20(2,3)17-7-10-21(11-8-17,26-13-5-6-14-26)15-19(27)22-12-9-18-23-16-25(4)24-18/h5-6,13-14,16-17H,7-12,15H2,1-4H3,(H,22,27). The van der Waals surface area contributed by atoms with E-state index in [1.807, 2.05) is 7.05 Å². The molecular formula is C21H33N5O. The van der Waals surface area contributed by atoms with E-state index in [1.165, 1.54) is 12.8 Å². The molecule has 1 N–H and O–H groups in total. The molecule has 1 aliphatic rings. The van der Waals surface area contributed by atoms with Crippen LogP contribution in [0.1, 0.15) is 58.7 Å². The largest absolute Gasteiger partial charge is 0.356 e. The summed E-state index contributed by atoms with van der Waals surface area (Å²) in [6.07, 6.45) is 11.6. The lowest BCUT2D eigenvalue weighted by Crippen LogP contribution is -2.43. The molecule has 0 aromatic carbocycles. The van der Waals surface area contributed by atoms with Gasteiger partial charge in [-0.05, 0) is 49.1 Å². The summed E-state index contributed by atoms with van der Waals surface area (Å²) in [4.78, 5) is 16.9. The quantitative estimate of drug-likeness (QED) is 0.847. The van der Waals surface area contributed by atoms with Crippen LogP contribution in [0.3, 0.4) is 0 Å². The van der Waals surface area contributed by atoms with Crippen LogP contribution >= 0.6 is 0 Å². The Morgan fingerprint density at radius 2 is 1.93 bits per heavy atom. The minimum absolute atomic E-state index is 0.0986. The first-order valence-electron chi connectivity index (χ1n) is 10.0. The molecule has 1 saturated carbocycles. The van der Waals surface area contributed by atoms with Crippen LogP contribution in [0.25, 0.3) is 0 Å². The molecule has 0 radical (unpaired) electrons. The number of carbonyl (C=O) groups is 1. The van der Waals surface area contributed by atoms with Gasteiger partial charge in [-0.15, -0.1) is 0 Å². The van der Waals surface area contributed by atoms with Crippen molar-refractivity contribution >= 4 is 5.91 Å². The number of carbonyl (C=O) groups excluding carboxylic acids is 1. The summed E-state index contributed by atoms with van der Waals surface area (Å²) in [5.74, 6) is 1.61. The molecule has 0 unspecified atom stereocenters. The number of aromatic nitrogens is 4. The van der Waals surface area contributed by atoms with Crippen molar-refractivity contribution in [2.75, 3.05) is 6.54 Å². The molecule has 0 spiro atoms. The molecule has 1 aliphatic carbocycles. The van der Waals surface area contributed by atoms with Gasteiger partial charge in [-0.25, -0.2) is 4.98 Å². The molecule has 2 heterocycles. The van der Waals surface area contributed by atoms with E-state index in [0.29, 0.717) is 24.8 Å². The fourth-order valence-electron chi connectivity index (χ4n) is 4.37. The van der Waals surface area contributed by atoms with Crippen molar-refractivity contribution in [2.24, 2.45) is 18.4 Å². The summed E-state index contributed by atoms with van der Waals surface area (Å²) in [7, 11) is 1.85. The van der Waals surface area contributed by atoms with E-state index >= 15 is 0 Å². The smallest absolute Gasteiger partial charge is 0.222 e. The zero-order valence-electron chi connectivity index (χ0n) is 17.1. The number of hydrogen-bond acceptors (Lipinski definition) is 3. The maximum absolute atomic E-state index is 12.7. The van der Waals surface area contributed by atoms with Crippen LogP contribution in [-0.4, -0.2) is 31.8 Å². The highest BCUT2D eigenvalue weighted by Crippen LogP contribution is 2.46. The van der Waals surface area contributed by atoms with Crippen molar-refractivity contribution in [3.63, 3.8) is 0 Å². The molecule has 148 valence electrons. The second-order valence-corrected chi connectivity index (χ2v) is 9.07. The molecule has 6 heteroatoms. The average Bonchev–Trinajstić information content (AvgIpc) is 3.26. The lowest BCUT2D eigenvalue weighted by molar-refractivity contribution is -0.123. The Balaban J connectivity index is 1.60. The molecule has 1 fully saturated rings. The summed E-state index contributed by atoms with van der Waals surface area (Å²) in [5.41, 5.74) is 0.235. The highest BCUT2D eigenvalue weighted by atomic mass is 16.1. The Bertz CT molecular complexity index is 733. The predicted molar refractivity (Wildman–Crippen MR) is 106 cm³/mol. The third-order valence-electron chi connectivity index (χ3n) is 6.10. The topological polar surface area (TPSA) is 64.7 Å². The maximum atomic E-state index is 12.7. The molecule has 0 saturated heterocycles. The summed E-state index contributed by atoms with van der Waals surface area (Å²) in [6.45, 7) is 7.57. The van der Waals surface area contributed by atoms with Gasteiger partial charge in [0.1, 0.15) is 6.33 Å². The lowest BCUT2D eigenvalue weighted by Gasteiger charge is -2.45. The molecule has 0 aliphatic heterocycles. The first-order chi connectivity index (χ1) is 12.8. The van der Waals surface area contributed by atoms with Crippen molar-refractivity contribution in [3.05, 3.63) is 36.7 Å². The fourth-order valence-corrected chi connectivity index (χ4v) is 4.37. The summed E-state index contributed by atoms with van der Waals surface area (Å²) in [6, 6.07) is 4.12. The SMILES string of the molecule is Cn1cnc(CCNC(=O)CC2(n3cccc3)CCC(C(C)(C)C)CC2)n1. The van der Waals surface area contributed by atoms with Gasteiger partial charge in [-0.3, -0.25) is 9.48 Å². The van der Waals surface area contributed by atoms with Gasteiger partial charge in [-0.2, -0.15) is 5.10 Å². The van der Waals surface area contributed by atoms with Crippen LogP contribution in [0, 0.1) is 11.3 Å². The summed E-state index contributed by atoms with van der Waals surface area (Å²) >= 11 is 0. The van der Waals surface area contributed by atoms with E-state index < -0.39 is 0 Å². The number of amides is 1. The van der Waals surface area contributed by atoms with E-state index in [1.54, 1.807) is 11.0 Å². The van der Waals surface area contributed by atoms with Crippen molar-refractivity contribution in [3.8, 4) is 0 Å². The van der Waals surface area contributed by atoms with Crippen molar-refractivity contribution in [1.82, 2.24) is 24.6 Å². The normalized spacial score (nSPS) is 23.3. The van der Waals surface area contributed by atoms with Crippen LogP contribution < -0.4 is 5.32 Å². The first kappa shape index (κ1) is 19.6. The second-order valence-electron chi connectivity index (χ2n) is 9.07. The van der Waals surface area contributed by atoms with Crippen LogP contribution in [-0.2, 0) is 23.8 Å². The van der Waals surface area contributed by atoms with Gasteiger partial charge < -0.3 is 9.88 Å².